The van der Waals surface area contributed by atoms with E-state index in [4.69, 9.17) is 16.3 Å². The van der Waals surface area contributed by atoms with Crippen LogP contribution in [0.5, 0.6) is 5.88 Å². The Morgan fingerprint density at radius 3 is 2.78 bits per heavy atom. The smallest absolute Gasteiger partial charge is 0.417 e. The highest BCUT2D eigenvalue weighted by Gasteiger charge is 2.33. The molecule has 0 amide bonds. The molecule has 3 rings (SSSR count). The van der Waals surface area contributed by atoms with Gasteiger partial charge in [0.1, 0.15) is 5.82 Å². The van der Waals surface area contributed by atoms with Crippen molar-refractivity contribution in [3.63, 3.8) is 0 Å². The van der Waals surface area contributed by atoms with Crippen molar-refractivity contribution in [1.29, 1.82) is 0 Å². The predicted octanol–water partition coefficient (Wildman–Crippen LogP) is 3.66. The first kappa shape index (κ1) is 19.5. The largest absolute Gasteiger partial charge is 0.481 e. The number of pyridine rings is 1. The van der Waals surface area contributed by atoms with Gasteiger partial charge in [0.2, 0.25) is 11.8 Å². The van der Waals surface area contributed by atoms with Crippen molar-refractivity contribution in [2.45, 2.75) is 25.1 Å². The Morgan fingerprint density at radius 2 is 2.11 bits per heavy atom. The van der Waals surface area contributed by atoms with Crippen LogP contribution >= 0.6 is 11.6 Å². The Bertz CT molecular complexity index is 804. The van der Waals surface area contributed by atoms with Crippen LogP contribution in [0.25, 0.3) is 0 Å². The lowest BCUT2D eigenvalue weighted by Gasteiger charge is -2.38. The van der Waals surface area contributed by atoms with Gasteiger partial charge in [0.25, 0.3) is 0 Å². The van der Waals surface area contributed by atoms with Crippen LogP contribution in [-0.2, 0) is 6.18 Å². The third-order valence-corrected chi connectivity index (χ3v) is 4.81. The number of anilines is 2. The molecule has 146 valence electrons. The van der Waals surface area contributed by atoms with E-state index in [1.807, 2.05) is 16.8 Å². The summed E-state index contributed by atoms with van der Waals surface area (Å²) in [4.78, 5) is 16.4. The Labute approximate surface area is 159 Å². The van der Waals surface area contributed by atoms with Crippen LogP contribution in [0.15, 0.2) is 24.5 Å². The zero-order valence-corrected chi connectivity index (χ0v) is 15.6. The molecular formula is C17H19ClF3N5O. The Balaban J connectivity index is 1.78. The highest BCUT2D eigenvalue weighted by molar-refractivity contribution is 6.33. The number of nitrogens with zero attached hydrogens (tertiary/aromatic N) is 5. The lowest BCUT2D eigenvalue weighted by Crippen LogP contribution is -2.47. The van der Waals surface area contributed by atoms with E-state index in [9.17, 15) is 13.2 Å². The van der Waals surface area contributed by atoms with Crippen LogP contribution in [0.3, 0.4) is 0 Å². The molecule has 1 unspecified atom stereocenters. The molecule has 0 saturated carbocycles. The fourth-order valence-electron chi connectivity index (χ4n) is 3.06. The molecule has 1 saturated heterocycles. The summed E-state index contributed by atoms with van der Waals surface area (Å²) in [5, 5.41) is -0.00856. The van der Waals surface area contributed by atoms with Gasteiger partial charge in [-0.15, -0.1) is 0 Å². The second kappa shape index (κ2) is 7.75. The number of aromatic nitrogens is 3. The lowest BCUT2D eigenvalue weighted by atomic mass is 10.0. The lowest BCUT2D eigenvalue weighted by molar-refractivity contribution is -0.137. The van der Waals surface area contributed by atoms with Crippen molar-refractivity contribution >= 4 is 23.4 Å². The second-order valence-electron chi connectivity index (χ2n) is 6.28. The molecule has 27 heavy (non-hydrogen) atoms. The molecule has 0 aliphatic carbocycles. The van der Waals surface area contributed by atoms with E-state index >= 15 is 0 Å². The summed E-state index contributed by atoms with van der Waals surface area (Å²) in [6.07, 6.45) is -0.292. The molecule has 0 radical (unpaired) electrons. The van der Waals surface area contributed by atoms with Crippen molar-refractivity contribution in [1.82, 2.24) is 15.0 Å². The maximum absolute atomic E-state index is 12.8. The molecule has 1 fully saturated rings. The van der Waals surface area contributed by atoms with Crippen LogP contribution in [0.1, 0.15) is 18.4 Å². The van der Waals surface area contributed by atoms with Gasteiger partial charge in [-0.1, -0.05) is 11.6 Å². The number of halogens is 4. The quantitative estimate of drug-likeness (QED) is 0.779. The van der Waals surface area contributed by atoms with Gasteiger partial charge in [0.05, 0.1) is 17.7 Å². The summed E-state index contributed by atoms with van der Waals surface area (Å²) in [6.45, 7) is 1.22. The molecule has 3 heterocycles. The molecule has 0 aromatic carbocycles. The predicted molar refractivity (Wildman–Crippen MR) is 96.5 cm³/mol. The number of likely N-dealkylation sites (N-methyl/N-ethyl adjacent to an activating group) is 1. The number of rotatable bonds is 4. The molecule has 2 aromatic heterocycles. The Morgan fingerprint density at radius 1 is 1.33 bits per heavy atom. The van der Waals surface area contributed by atoms with Gasteiger partial charge in [0, 0.05) is 44.6 Å². The minimum atomic E-state index is -4.47. The maximum Gasteiger partial charge on any atom is 0.417 e. The van der Waals surface area contributed by atoms with E-state index in [1.165, 1.54) is 7.11 Å². The molecular weight excluding hydrogens is 383 g/mol. The minimum absolute atomic E-state index is 0.00856. The zero-order valence-electron chi connectivity index (χ0n) is 14.9. The third kappa shape index (κ3) is 4.35. The van der Waals surface area contributed by atoms with Crippen LogP contribution < -0.4 is 14.5 Å². The first-order chi connectivity index (χ1) is 12.8. The summed E-state index contributed by atoms with van der Waals surface area (Å²) in [5.41, 5.74) is -0.855. The molecule has 10 heteroatoms. The standard InChI is InChI=1S/C17H19ClF3N5O/c1-25(16-22-6-5-14(24-16)27-2)12-4-3-7-26(10-12)15-13(18)8-11(9-23-15)17(19,20)21/h5-6,8-9,12H,3-4,7,10H2,1-2H3. The zero-order chi connectivity index (χ0) is 19.6. The van der Waals surface area contributed by atoms with E-state index in [0.29, 0.717) is 30.7 Å². The highest BCUT2D eigenvalue weighted by Crippen LogP contribution is 2.34. The summed E-state index contributed by atoms with van der Waals surface area (Å²) in [7, 11) is 3.41. The summed E-state index contributed by atoms with van der Waals surface area (Å²) < 4.78 is 43.6. The average Bonchev–Trinajstić information content (AvgIpc) is 2.66. The normalized spacial score (nSPS) is 17.7. The number of alkyl halides is 3. The van der Waals surface area contributed by atoms with Gasteiger partial charge in [-0.25, -0.2) is 9.97 Å². The molecule has 2 aromatic rings. The van der Waals surface area contributed by atoms with Crippen LogP contribution in [0.4, 0.5) is 24.9 Å². The van der Waals surface area contributed by atoms with E-state index in [2.05, 4.69) is 15.0 Å². The Hall–Kier alpha value is -2.29. The van der Waals surface area contributed by atoms with Crippen LogP contribution in [-0.4, -0.2) is 48.2 Å². The number of ether oxygens (including phenoxy) is 1. The monoisotopic (exact) mass is 401 g/mol. The number of hydrogen-bond acceptors (Lipinski definition) is 6. The topological polar surface area (TPSA) is 54.4 Å². The fourth-order valence-corrected chi connectivity index (χ4v) is 3.35. The Kier molecular flexibility index (Phi) is 5.59. The highest BCUT2D eigenvalue weighted by atomic mass is 35.5. The average molecular weight is 402 g/mol. The molecule has 1 aliphatic heterocycles. The number of piperidine rings is 1. The SMILES string of the molecule is COc1ccnc(N(C)C2CCCN(c3ncc(C(F)(F)F)cc3Cl)C2)n1. The fraction of sp³-hybridized carbons (Fsp3) is 0.471. The molecule has 0 N–H and O–H groups in total. The van der Waals surface area contributed by atoms with Crippen LogP contribution in [0, 0.1) is 0 Å². The summed E-state index contributed by atoms with van der Waals surface area (Å²) >= 11 is 6.09. The van der Waals surface area contributed by atoms with E-state index in [0.717, 1.165) is 25.1 Å². The van der Waals surface area contributed by atoms with E-state index in [1.54, 1.807) is 12.3 Å². The summed E-state index contributed by atoms with van der Waals surface area (Å²) in [5.74, 6) is 1.34. The molecule has 0 spiro atoms. The second-order valence-corrected chi connectivity index (χ2v) is 6.69. The van der Waals surface area contributed by atoms with Gasteiger partial charge in [-0.3, -0.25) is 0 Å². The molecule has 6 nitrogen and oxygen atoms in total. The third-order valence-electron chi connectivity index (χ3n) is 4.53. The summed E-state index contributed by atoms with van der Waals surface area (Å²) in [6, 6.07) is 2.64. The van der Waals surface area contributed by atoms with Gasteiger partial charge in [-0.2, -0.15) is 18.2 Å². The van der Waals surface area contributed by atoms with Crippen molar-refractivity contribution < 1.29 is 17.9 Å². The molecule has 0 bridgehead atoms. The van der Waals surface area contributed by atoms with E-state index in [-0.39, 0.29) is 11.1 Å². The van der Waals surface area contributed by atoms with Gasteiger partial charge >= 0.3 is 6.18 Å². The van der Waals surface area contributed by atoms with Gasteiger partial charge in [-0.05, 0) is 18.9 Å². The maximum atomic E-state index is 12.8. The number of methoxy groups -OCH3 is 1. The number of hydrogen-bond donors (Lipinski definition) is 0. The molecule has 1 aliphatic rings. The minimum Gasteiger partial charge on any atom is -0.481 e. The van der Waals surface area contributed by atoms with Crippen LogP contribution in [0.2, 0.25) is 5.02 Å². The first-order valence-corrected chi connectivity index (χ1v) is 8.75. The van der Waals surface area contributed by atoms with Crippen molar-refractivity contribution in [2.75, 3.05) is 37.0 Å². The van der Waals surface area contributed by atoms with Gasteiger partial charge in [0.15, 0.2) is 0 Å². The van der Waals surface area contributed by atoms with Crippen molar-refractivity contribution in [3.05, 3.63) is 35.1 Å². The van der Waals surface area contributed by atoms with Crippen molar-refractivity contribution in [3.8, 4) is 5.88 Å². The molecule has 1 atom stereocenters. The van der Waals surface area contributed by atoms with E-state index < -0.39 is 11.7 Å². The van der Waals surface area contributed by atoms with Crippen molar-refractivity contribution in [2.24, 2.45) is 0 Å². The van der Waals surface area contributed by atoms with Gasteiger partial charge < -0.3 is 14.5 Å². The first-order valence-electron chi connectivity index (χ1n) is 8.37.